The van der Waals surface area contributed by atoms with E-state index in [4.69, 9.17) is 9.51 Å². The molecule has 4 aromatic heterocycles. The number of nitrogens with zero attached hydrogens (tertiary/aromatic N) is 4. The summed E-state index contributed by atoms with van der Waals surface area (Å²) in [4.78, 5) is 18.8. The lowest BCUT2D eigenvalue weighted by Crippen LogP contribution is -2.14. The van der Waals surface area contributed by atoms with Gasteiger partial charge in [0, 0.05) is 7.05 Å². The summed E-state index contributed by atoms with van der Waals surface area (Å²) in [5.41, 5.74) is 3.96. The number of carbonyl (C=O) groups is 1. The highest BCUT2D eigenvalue weighted by Gasteiger charge is 2.21. The molecule has 0 saturated carbocycles. The van der Waals surface area contributed by atoms with E-state index in [9.17, 15) is 4.79 Å². The van der Waals surface area contributed by atoms with Crippen molar-refractivity contribution < 1.29 is 9.32 Å². The number of thiophene rings is 1. The predicted octanol–water partition coefficient (Wildman–Crippen LogP) is 3.86. The topological polar surface area (TPSA) is 85.8 Å². The van der Waals surface area contributed by atoms with Gasteiger partial charge in [0.15, 0.2) is 11.4 Å². The molecular weight excluding hydrogens is 350 g/mol. The Bertz CT molecular complexity index is 1110. The summed E-state index contributed by atoms with van der Waals surface area (Å²) in [6.07, 6.45) is 0. The SMILES string of the molecule is Cc1noc(C)c1NC(=O)c1cc(-c2cccs2)nc2c1c(C)nn2C. The molecule has 26 heavy (non-hydrogen) atoms. The Hall–Kier alpha value is -3.00. The normalized spacial score (nSPS) is 11.2. The molecule has 0 atom stereocenters. The number of anilines is 1. The Morgan fingerprint density at radius 2 is 2.08 bits per heavy atom. The van der Waals surface area contributed by atoms with Crippen LogP contribution in [0, 0.1) is 20.8 Å². The molecule has 0 saturated heterocycles. The van der Waals surface area contributed by atoms with E-state index in [2.05, 4.69) is 15.6 Å². The predicted molar refractivity (Wildman–Crippen MR) is 100 cm³/mol. The Morgan fingerprint density at radius 3 is 2.73 bits per heavy atom. The standard InChI is InChI=1S/C18H17N5O2S/c1-9-15-12(18(24)20-16-10(2)22-25-11(16)3)8-13(14-6-5-7-26-14)19-17(15)23(4)21-9/h5-8H,1-4H3,(H,20,24). The van der Waals surface area contributed by atoms with Gasteiger partial charge in [0.2, 0.25) is 0 Å². The van der Waals surface area contributed by atoms with Crippen LogP contribution in [0.1, 0.15) is 27.5 Å². The summed E-state index contributed by atoms with van der Waals surface area (Å²) in [6, 6.07) is 5.76. The third kappa shape index (κ3) is 2.59. The largest absolute Gasteiger partial charge is 0.359 e. The Kier molecular flexibility index (Phi) is 3.84. The van der Waals surface area contributed by atoms with E-state index in [-0.39, 0.29) is 5.91 Å². The van der Waals surface area contributed by atoms with Crippen LogP contribution >= 0.6 is 11.3 Å². The van der Waals surface area contributed by atoms with Gasteiger partial charge in [-0.15, -0.1) is 11.3 Å². The Labute approximate surface area is 153 Å². The average molecular weight is 367 g/mol. The van der Waals surface area contributed by atoms with E-state index in [1.807, 2.05) is 37.6 Å². The highest BCUT2D eigenvalue weighted by molar-refractivity contribution is 7.13. The number of rotatable bonds is 3. The summed E-state index contributed by atoms with van der Waals surface area (Å²) >= 11 is 1.58. The van der Waals surface area contributed by atoms with Crippen molar-refractivity contribution in [3.8, 4) is 10.6 Å². The lowest BCUT2D eigenvalue weighted by Gasteiger charge is -2.08. The van der Waals surface area contributed by atoms with E-state index in [0.29, 0.717) is 28.4 Å². The monoisotopic (exact) mass is 367 g/mol. The molecule has 7 nitrogen and oxygen atoms in total. The molecule has 0 spiro atoms. The van der Waals surface area contributed by atoms with Crippen LogP contribution in [0.2, 0.25) is 0 Å². The first kappa shape index (κ1) is 16.5. The van der Waals surface area contributed by atoms with Gasteiger partial charge in [-0.2, -0.15) is 5.10 Å². The van der Waals surface area contributed by atoms with Gasteiger partial charge in [0.1, 0.15) is 11.4 Å². The molecule has 0 fully saturated rings. The minimum Gasteiger partial charge on any atom is -0.359 e. The van der Waals surface area contributed by atoms with Gasteiger partial charge in [-0.3, -0.25) is 9.48 Å². The number of pyridine rings is 1. The van der Waals surface area contributed by atoms with Crippen LogP contribution in [-0.2, 0) is 7.05 Å². The molecule has 8 heteroatoms. The molecule has 1 N–H and O–H groups in total. The zero-order valence-corrected chi connectivity index (χ0v) is 15.6. The number of nitrogens with one attached hydrogen (secondary N) is 1. The lowest BCUT2D eigenvalue weighted by molar-refractivity contribution is 0.102. The fourth-order valence-corrected chi connectivity index (χ4v) is 3.70. The molecule has 132 valence electrons. The zero-order valence-electron chi connectivity index (χ0n) is 14.8. The van der Waals surface area contributed by atoms with Gasteiger partial charge in [-0.1, -0.05) is 11.2 Å². The molecular formula is C18H17N5O2S. The van der Waals surface area contributed by atoms with Crippen molar-refractivity contribution in [3.05, 3.63) is 46.3 Å². The molecule has 4 heterocycles. The number of aryl methyl sites for hydroxylation is 4. The van der Waals surface area contributed by atoms with Gasteiger partial charge < -0.3 is 9.84 Å². The molecule has 0 unspecified atom stereocenters. The molecule has 0 bridgehead atoms. The molecule has 0 aliphatic carbocycles. The summed E-state index contributed by atoms with van der Waals surface area (Å²) < 4.78 is 6.84. The Morgan fingerprint density at radius 1 is 1.27 bits per heavy atom. The molecule has 0 aliphatic rings. The summed E-state index contributed by atoms with van der Waals surface area (Å²) in [7, 11) is 1.83. The van der Waals surface area contributed by atoms with Crippen molar-refractivity contribution in [3.63, 3.8) is 0 Å². The number of carbonyl (C=O) groups excluding carboxylic acids is 1. The Balaban J connectivity index is 1.88. The van der Waals surface area contributed by atoms with Crippen molar-refractivity contribution in [2.45, 2.75) is 20.8 Å². The third-order valence-electron chi connectivity index (χ3n) is 4.26. The van der Waals surface area contributed by atoms with E-state index in [1.165, 1.54) is 0 Å². The van der Waals surface area contributed by atoms with Crippen molar-refractivity contribution >= 4 is 34.0 Å². The summed E-state index contributed by atoms with van der Waals surface area (Å²) in [5.74, 6) is 0.336. The lowest BCUT2D eigenvalue weighted by atomic mass is 10.1. The van der Waals surface area contributed by atoms with Crippen LogP contribution < -0.4 is 5.32 Å². The molecule has 4 aromatic rings. The minimum absolute atomic E-state index is 0.235. The van der Waals surface area contributed by atoms with Crippen molar-refractivity contribution in [2.75, 3.05) is 5.32 Å². The van der Waals surface area contributed by atoms with Crippen LogP contribution in [0.25, 0.3) is 21.6 Å². The zero-order chi connectivity index (χ0) is 18.4. The van der Waals surface area contributed by atoms with Crippen molar-refractivity contribution in [2.24, 2.45) is 7.05 Å². The second kappa shape index (κ2) is 6.06. The third-order valence-corrected chi connectivity index (χ3v) is 5.15. The molecule has 0 aliphatic heterocycles. The van der Waals surface area contributed by atoms with E-state index >= 15 is 0 Å². The van der Waals surface area contributed by atoms with Crippen molar-refractivity contribution in [1.82, 2.24) is 19.9 Å². The first-order chi connectivity index (χ1) is 12.5. The minimum atomic E-state index is -0.235. The number of amides is 1. The molecule has 0 aromatic carbocycles. The van der Waals surface area contributed by atoms with Crippen LogP contribution in [0.4, 0.5) is 5.69 Å². The summed E-state index contributed by atoms with van der Waals surface area (Å²) in [5, 5.41) is 14.0. The van der Waals surface area contributed by atoms with Gasteiger partial charge >= 0.3 is 0 Å². The van der Waals surface area contributed by atoms with Gasteiger partial charge in [0.05, 0.1) is 27.2 Å². The highest BCUT2D eigenvalue weighted by Crippen LogP contribution is 2.30. The number of hydrogen-bond acceptors (Lipinski definition) is 6. The summed E-state index contributed by atoms with van der Waals surface area (Å²) in [6.45, 7) is 5.44. The molecule has 1 amide bonds. The maximum Gasteiger partial charge on any atom is 0.256 e. The van der Waals surface area contributed by atoms with Crippen LogP contribution in [0.15, 0.2) is 28.1 Å². The van der Waals surface area contributed by atoms with Crippen LogP contribution in [0.5, 0.6) is 0 Å². The van der Waals surface area contributed by atoms with Crippen LogP contribution in [-0.4, -0.2) is 25.8 Å². The molecule has 4 rings (SSSR count). The second-order valence-electron chi connectivity index (χ2n) is 6.09. The smallest absolute Gasteiger partial charge is 0.256 e. The second-order valence-corrected chi connectivity index (χ2v) is 7.04. The van der Waals surface area contributed by atoms with Crippen LogP contribution in [0.3, 0.4) is 0 Å². The van der Waals surface area contributed by atoms with E-state index < -0.39 is 0 Å². The average Bonchev–Trinajstić information content (AvgIpc) is 3.32. The van der Waals surface area contributed by atoms with E-state index in [1.54, 1.807) is 29.9 Å². The first-order valence-corrected chi connectivity index (χ1v) is 8.96. The van der Waals surface area contributed by atoms with Gasteiger partial charge in [0.25, 0.3) is 5.91 Å². The quantitative estimate of drug-likeness (QED) is 0.594. The number of fused-ring (bicyclic) bond motifs is 1. The maximum atomic E-state index is 13.1. The fourth-order valence-electron chi connectivity index (χ4n) is 3.02. The highest BCUT2D eigenvalue weighted by atomic mass is 32.1. The fraction of sp³-hybridized carbons (Fsp3) is 0.222. The van der Waals surface area contributed by atoms with Gasteiger partial charge in [-0.25, -0.2) is 4.98 Å². The maximum absolute atomic E-state index is 13.1. The molecule has 0 radical (unpaired) electrons. The van der Waals surface area contributed by atoms with Gasteiger partial charge in [-0.05, 0) is 38.3 Å². The van der Waals surface area contributed by atoms with E-state index in [0.717, 1.165) is 21.7 Å². The number of hydrogen-bond donors (Lipinski definition) is 1. The first-order valence-electron chi connectivity index (χ1n) is 8.08. The van der Waals surface area contributed by atoms with Crippen molar-refractivity contribution in [1.29, 1.82) is 0 Å². The number of aromatic nitrogens is 4.